The second-order valence-electron chi connectivity index (χ2n) is 2.75. The minimum atomic E-state index is -1.19. The highest BCUT2D eigenvalue weighted by Crippen LogP contribution is 2.27. The lowest BCUT2D eigenvalue weighted by molar-refractivity contribution is -0.137. The Labute approximate surface area is 82.6 Å². The monoisotopic (exact) mass is 211 g/mol. The van der Waals surface area contributed by atoms with Gasteiger partial charge in [-0.25, -0.2) is 0 Å². The molecule has 14 heavy (non-hydrogen) atoms. The van der Waals surface area contributed by atoms with E-state index in [9.17, 15) is 14.4 Å². The molecule has 0 aromatic carbocycles. The van der Waals surface area contributed by atoms with Gasteiger partial charge in [-0.3, -0.25) is 19.3 Å². The SMILES string of the molecule is O=C(O)CN1C(=O)c2ccsc2C1=O. The second kappa shape index (κ2) is 2.91. The highest BCUT2D eigenvalue weighted by Gasteiger charge is 2.37. The first-order valence-electron chi connectivity index (χ1n) is 3.76. The van der Waals surface area contributed by atoms with Crippen molar-refractivity contribution in [2.75, 3.05) is 6.54 Å². The topological polar surface area (TPSA) is 74.7 Å². The summed E-state index contributed by atoms with van der Waals surface area (Å²) in [6.07, 6.45) is 0. The summed E-state index contributed by atoms with van der Waals surface area (Å²) in [6, 6.07) is 1.53. The number of nitrogens with zero attached hydrogens (tertiary/aromatic N) is 1. The molecule has 2 heterocycles. The summed E-state index contributed by atoms with van der Waals surface area (Å²) in [4.78, 5) is 34.4. The van der Waals surface area contributed by atoms with Crippen LogP contribution in [0.1, 0.15) is 20.0 Å². The predicted molar refractivity (Wildman–Crippen MR) is 47.3 cm³/mol. The van der Waals surface area contributed by atoms with Crippen molar-refractivity contribution in [2.45, 2.75) is 0 Å². The Morgan fingerprint density at radius 3 is 2.71 bits per heavy atom. The number of thiophene rings is 1. The van der Waals surface area contributed by atoms with Gasteiger partial charge in [0.2, 0.25) is 0 Å². The molecule has 1 aromatic rings. The fourth-order valence-electron chi connectivity index (χ4n) is 1.28. The smallest absolute Gasteiger partial charge is 0.323 e. The third kappa shape index (κ3) is 1.12. The average molecular weight is 211 g/mol. The van der Waals surface area contributed by atoms with Crippen molar-refractivity contribution in [2.24, 2.45) is 0 Å². The maximum atomic E-state index is 11.5. The average Bonchev–Trinajstić information content (AvgIpc) is 2.65. The lowest BCUT2D eigenvalue weighted by Gasteiger charge is -2.09. The molecule has 0 saturated heterocycles. The van der Waals surface area contributed by atoms with Gasteiger partial charge in [-0.05, 0) is 11.4 Å². The molecule has 2 rings (SSSR count). The van der Waals surface area contributed by atoms with E-state index in [2.05, 4.69) is 0 Å². The molecule has 0 radical (unpaired) electrons. The van der Waals surface area contributed by atoms with Crippen LogP contribution in [0.25, 0.3) is 0 Å². The maximum Gasteiger partial charge on any atom is 0.323 e. The van der Waals surface area contributed by atoms with Crippen LogP contribution in [0, 0.1) is 0 Å². The molecular weight excluding hydrogens is 206 g/mol. The quantitative estimate of drug-likeness (QED) is 0.720. The van der Waals surface area contributed by atoms with Crippen LogP contribution in [0.15, 0.2) is 11.4 Å². The Balaban J connectivity index is 2.35. The van der Waals surface area contributed by atoms with Crippen molar-refractivity contribution in [3.05, 3.63) is 21.9 Å². The Kier molecular flexibility index (Phi) is 1.85. The van der Waals surface area contributed by atoms with Crippen LogP contribution in [0.4, 0.5) is 0 Å². The zero-order chi connectivity index (χ0) is 10.3. The van der Waals surface area contributed by atoms with E-state index in [0.29, 0.717) is 10.4 Å². The second-order valence-corrected chi connectivity index (χ2v) is 3.67. The molecule has 0 aliphatic carbocycles. The number of carboxylic acids is 1. The molecule has 1 aliphatic heterocycles. The number of carbonyl (C=O) groups excluding carboxylic acids is 2. The van der Waals surface area contributed by atoms with Crippen LogP contribution in [0.5, 0.6) is 0 Å². The first kappa shape index (κ1) is 8.89. The van der Waals surface area contributed by atoms with E-state index >= 15 is 0 Å². The first-order valence-corrected chi connectivity index (χ1v) is 4.64. The highest BCUT2D eigenvalue weighted by atomic mass is 32.1. The summed E-state index contributed by atoms with van der Waals surface area (Å²) in [7, 11) is 0. The molecule has 5 nitrogen and oxygen atoms in total. The predicted octanol–water partition coefficient (Wildman–Crippen LogP) is 0.429. The first-order chi connectivity index (χ1) is 6.61. The zero-order valence-corrected chi connectivity index (χ0v) is 7.71. The van der Waals surface area contributed by atoms with Gasteiger partial charge < -0.3 is 5.11 Å². The molecule has 6 heteroatoms. The summed E-state index contributed by atoms with van der Waals surface area (Å²) in [5.74, 6) is -2.22. The molecule has 1 N–H and O–H groups in total. The third-order valence-electron chi connectivity index (χ3n) is 1.87. The lowest BCUT2D eigenvalue weighted by Crippen LogP contribution is -2.34. The van der Waals surface area contributed by atoms with Gasteiger partial charge in [0.15, 0.2) is 0 Å². The van der Waals surface area contributed by atoms with Crippen molar-refractivity contribution >= 4 is 29.1 Å². The fraction of sp³-hybridized carbons (Fsp3) is 0.125. The number of imide groups is 1. The molecule has 2 amide bonds. The Hall–Kier alpha value is -1.69. The standard InChI is InChI=1S/C8H5NO4S/c10-5(11)3-9-7(12)4-1-2-14-6(4)8(9)13/h1-2H,3H2,(H,10,11). The Morgan fingerprint density at radius 2 is 2.14 bits per heavy atom. The molecule has 72 valence electrons. The van der Waals surface area contributed by atoms with Crippen LogP contribution >= 0.6 is 11.3 Å². The molecule has 0 fully saturated rings. The summed E-state index contributed by atoms with van der Waals surface area (Å²) in [5, 5.41) is 10.1. The molecule has 0 atom stereocenters. The summed E-state index contributed by atoms with van der Waals surface area (Å²) < 4.78 is 0. The van der Waals surface area contributed by atoms with Crippen LogP contribution in [-0.4, -0.2) is 34.3 Å². The number of carboxylic acid groups (broad SMARTS) is 1. The normalized spacial score (nSPS) is 14.7. The molecule has 1 aliphatic rings. The number of rotatable bonds is 2. The number of carbonyl (C=O) groups is 3. The summed E-state index contributed by atoms with van der Waals surface area (Å²) >= 11 is 1.15. The Morgan fingerprint density at radius 1 is 1.43 bits per heavy atom. The van der Waals surface area contributed by atoms with Gasteiger partial charge >= 0.3 is 5.97 Å². The van der Waals surface area contributed by atoms with Crippen LogP contribution in [-0.2, 0) is 4.79 Å². The number of aliphatic carboxylic acids is 1. The van der Waals surface area contributed by atoms with Crippen LogP contribution < -0.4 is 0 Å². The van der Waals surface area contributed by atoms with Gasteiger partial charge in [-0.2, -0.15) is 0 Å². The molecular formula is C8H5NO4S. The van der Waals surface area contributed by atoms with Gasteiger partial charge in [-0.1, -0.05) is 0 Å². The minimum absolute atomic E-state index is 0.307. The van der Waals surface area contributed by atoms with Gasteiger partial charge in [-0.15, -0.1) is 11.3 Å². The van der Waals surface area contributed by atoms with Crippen molar-refractivity contribution in [1.82, 2.24) is 4.90 Å². The number of amides is 2. The number of fused-ring (bicyclic) bond motifs is 1. The highest BCUT2D eigenvalue weighted by molar-refractivity contribution is 7.12. The van der Waals surface area contributed by atoms with Gasteiger partial charge in [0.25, 0.3) is 11.8 Å². The van der Waals surface area contributed by atoms with E-state index in [1.54, 1.807) is 5.38 Å². The summed E-state index contributed by atoms with van der Waals surface area (Å²) in [5.41, 5.74) is 0.307. The number of hydrogen-bond donors (Lipinski definition) is 1. The zero-order valence-electron chi connectivity index (χ0n) is 6.89. The van der Waals surface area contributed by atoms with E-state index < -0.39 is 24.3 Å². The van der Waals surface area contributed by atoms with E-state index in [1.165, 1.54) is 6.07 Å². The molecule has 0 unspecified atom stereocenters. The van der Waals surface area contributed by atoms with Crippen LogP contribution in [0.2, 0.25) is 0 Å². The van der Waals surface area contributed by atoms with Crippen molar-refractivity contribution in [1.29, 1.82) is 0 Å². The van der Waals surface area contributed by atoms with E-state index in [-0.39, 0.29) is 0 Å². The molecule has 0 spiro atoms. The third-order valence-corrected chi connectivity index (χ3v) is 2.78. The largest absolute Gasteiger partial charge is 0.480 e. The molecule has 0 bridgehead atoms. The minimum Gasteiger partial charge on any atom is -0.480 e. The van der Waals surface area contributed by atoms with E-state index in [0.717, 1.165) is 16.2 Å². The Bertz CT molecular complexity index is 406. The van der Waals surface area contributed by atoms with Gasteiger partial charge in [0.1, 0.15) is 11.4 Å². The van der Waals surface area contributed by atoms with Crippen molar-refractivity contribution in [3.63, 3.8) is 0 Å². The van der Waals surface area contributed by atoms with Gasteiger partial charge in [0.05, 0.1) is 5.56 Å². The van der Waals surface area contributed by atoms with E-state index in [4.69, 9.17) is 5.11 Å². The molecule has 0 saturated carbocycles. The summed E-state index contributed by atoms with van der Waals surface area (Å²) in [6.45, 7) is -0.570. The fourth-order valence-corrected chi connectivity index (χ4v) is 2.12. The van der Waals surface area contributed by atoms with Crippen LogP contribution in [0.3, 0.4) is 0 Å². The maximum absolute atomic E-state index is 11.5. The van der Waals surface area contributed by atoms with E-state index in [1.807, 2.05) is 0 Å². The van der Waals surface area contributed by atoms with Crippen molar-refractivity contribution in [3.8, 4) is 0 Å². The number of hydrogen-bond acceptors (Lipinski definition) is 4. The molecule has 1 aromatic heterocycles. The van der Waals surface area contributed by atoms with Crippen molar-refractivity contribution < 1.29 is 19.5 Å². The lowest BCUT2D eigenvalue weighted by atomic mass is 10.3. The van der Waals surface area contributed by atoms with Gasteiger partial charge in [0, 0.05) is 0 Å².